The van der Waals surface area contributed by atoms with Crippen molar-refractivity contribution in [1.29, 1.82) is 0 Å². The summed E-state index contributed by atoms with van der Waals surface area (Å²) in [6, 6.07) is 1.12. The average Bonchev–Trinajstić information content (AvgIpc) is 2.94. The Bertz CT molecular complexity index is 647. The largest absolute Gasteiger partial charge is 0.289 e. The minimum absolute atomic E-state index is 0.490. The van der Waals surface area contributed by atoms with E-state index in [1.807, 2.05) is 31.0 Å². The lowest BCUT2D eigenvalue weighted by Gasteiger charge is -2.35. The number of fused-ring (bicyclic) bond motifs is 4. The lowest BCUT2D eigenvalue weighted by molar-refractivity contribution is 0.166. The van der Waals surface area contributed by atoms with Crippen molar-refractivity contribution < 1.29 is 0 Å². The first kappa shape index (κ1) is 12.0. The van der Waals surface area contributed by atoms with E-state index in [-0.39, 0.29) is 0 Å². The Labute approximate surface area is 118 Å². The summed E-state index contributed by atoms with van der Waals surface area (Å²) >= 11 is 0. The fourth-order valence-corrected chi connectivity index (χ4v) is 3.68. The summed E-state index contributed by atoms with van der Waals surface area (Å²) in [7, 11) is 1.97. The number of rotatable bonds is 2. The van der Waals surface area contributed by atoms with Gasteiger partial charge >= 0.3 is 0 Å². The molecule has 5 heteroatoms. The standard InChI is InChI=1S/C15H19N5/c1-10-16-7-13-14(18-10)5-12-3-4-15(13)20(12)9-11-6-17-19(2)8-11/h6-8,12,15H,3-5,9H2,1-2H3. The zero-order valence-electron chi connectivity index (χ0n) is 12.0. The van der Waals surface area contributed by atoms with Gasteiger partial charge in [0.05, 0.1) is 11.9 Å². The van der Waals surface area contributed by atoms with Gasteiger partial charge in [-0.15, -0.1) is 0 Å². The first-order valence-electron chi connectivity index (χ1n) is 7.26. The van der Waals surface area contributed by atoms with Crippen molar-refractivity contribution in [3.8, 4) is 0 Å². The van der Waals surface area contributed by atoms with Gasteiger partial charge in [0.15, 0.2) is 0 Å². The van der Waals surface area contributed by atoms with Crippen LogP contribution >= 0.6 is 0 Å². The smallest absolute Gasteiger partial charge is 0.125 e. The zero-order chi connectivity index (χ0) is 13.7. The number of hydrogen-bond donors (Lipinski definition) is 0. The molecule has 0 aliphatic carbocycles. The summed E-state index contributed by atoms with van der Waals surface area (Å²) in [5.74, 6) is 0.892. The van der Waals surface area contributed by atoms with Crippen LogP contribution in [-0.2, 0) is 20.0 Å². The van der Waals surface area contributed by atoms with E-state index in [1.165, 1.54) is 29.7 Å². The molecule has 0 radical (unpaired) electrons. The Kier molecular flexibility index (Phi) is 2.63. The van der Waals surface area contributed by atoms with Gasteiger partial charge in [0.2, 0.25) is 0 Å². The maximum absolute atomic E-state index is 4.65. The van der Waals surface area contributed by atoms with Crippen LogP contribution in [0, 0.1) is 6.92 Å². The Morgan fingerprint density at radius 2 is 2.20 bits per heavy atom. The Morgan fingerprint density at radius 3 is 3.00 bits per heavy atom. The van der Waals surface area contributed by atoms with Gasteiger partial charge in [-0.3, -0.25) is 9.58 Å². The third-order valence-electron chi connectivity index (χ3n) is 4.57. The summed E-state index contributed by atoms with van der Waals surface area (Å²) < 4.78 is 1.88. The minimum Gasteiger partial charge on any atom is -0.289 e. The molecule has 2 atom stereocenters. The van der Waals surface area contributed by atoms with Crippen LogP contribution in [0.15, 0.2) is 18.6 Å². The highest BCUT2D eigenvalue weighted by atomic mass is 15.3. The predicted octanol–water partition coefficient (Wildman–Crippen LogP) is 1.78. The maximum Gasteiger partial charge on any atom is 0.125 e. The molecule has 0 aromatic carbocycles. The number of aromatic nitrogens is 4. The lowest BCUT2D eigenvalue weighted by atomic mass is 9.99. The van der Waals surface area contributed by atoms with E-state index in [0.29, 0.717) is 12.1 Å². The van der Waals surface area contributed by atoms with Gasteiger partial charge in [0, 0.05) is 55.6 Å². The Hall–Kier alpha value is -1.75. The molecule has 2 unspecified atom stereocenters. The van der Waals surface area contributed by atoms with Gasteiger partial charge in [-0.2, -0.15) is 5.10 Å². The quantitative estimate of drug-likeness (QED) is 0.834. The molecule has 20 heavy (non-hydrogen) atoms. The SMILES string of the molecule is Cc1ncc2c(n1)CC1CCC2N1Cc1cnn(C)c1. The van der Waals surface area contributed by atoms with Crippen LogP contribution in [-0.4, -0.2) is 30.7 Å². The van der Waals surface area contributed by atoms with Crippen molar-refractivity contribution >= 4 is 0 Å². The molecule has 0 amide bonds. The van der Waals surface area contributed by atoms with Gasteiger partial charge in [-0.25, -0.2) is 9.97 Å². The maximum atomic E-state index is 4.65. The van der Waals surface area contributed by atoms with Crippen molar-refractivity contribution in [1.82, 2.24) is 24.6 Å². The van der Waals surface area contributed by atoms with E-state index in [1.54, 1.807) is 0 Å². The molecule has 2 bridgehead atoms. The molecule has 5 nitrogen and oxygen atoms in total. The molecule has 2 aliphatic rings. The third-order valence-corrected chi connectivity index (χ3v) is 4.57. The first-order chi connectivity index (χ1) is 9.70. The first-order valence-corrected chi connectivity index (χ1v) is 7.26. The Balaban J connectivity index is 1.65. The second kappa shape index (κ2) is 4.38. The molecular weight excluding hydrogens is 250 g/mol. The van der Waals surface area contributed by atoms with Crippen LogP contribution in [0.4, 0.5) is 0 Å². The van der Waals surface area contributed by atoms with Crippen molar-refractivity contribution in [3.63, 3.8) is 0 Å². The van der Waals surface area contributed by atoms with Gasteiger partial charge in [-0.1, -0.05) is 0 Å². The van der Waals surface area contributed by atoms with E-state index in [9.17, 15) is 0 Å². The molecule has 4 rings (SSSR count). The molecule has 0 spiro atoms. The molecule has 4 heterocycles. The summed E-state index contributed by atoms with van der Waals surface area (Å²) in [4.78, 5) is 11.7. The van der Waals surface area contributed by atoms with Gasteiger partial charge < -0.3 is 0 Å². The van der Waals surface area contributed by atoms with Crippen LogP contribution in [0.25, 0.3) is 0 Å². The van der Waals surface area contributed by atoms with Gasteiger partial charge in [0.25, 0.3) is 0 Å². The summed E-state index contributed by atoms with van der Waals surface area (Å²) in [5, 5.41) is 4.27. The third kappa shape index (κ3) is 1.85. The molecule has 0 saturated carbocycles. The highest BCUT2D eigenvalue weighted by molar-refractivity contribution is 5.29. The van der Waals surface area contributed by atoms with Crippen LogP contribution in [0.5, 0.6) is 0 Å². The lowest BCUT2D eigenvalue weighted by Crippen LogP contribution is -2.37. The van der Waals surface area contributed by atoms with E-state index in [2.05, 4.69) is 26.2 Å². The minimum atomic E-state index is 0.490. The van der Waals surface area contributed by atoms with E-state index in [4.69, 9.17) is 0 Å². The molecule has 104 valence electrons. The number of aryl methyl sites for hydroxylation is 2. The summed E-state index contributed by atoms with van der Waals surface area (Å²) in [5.41, 5.74) is 3.90. The molecule has 2 aliphatic heterocycles. The van der Waals surface area contributed by atoms with Crippen molar-refractivity contribution in [2.75, 3.05) is 0 Å². The molecule has 1 fully saturated rings. The number of nitrogens with zero attached hydrogens (tertiary/aromatic N) is 5. The highest BCUT2D eigenvalue weighted by Crippen LogP contribution is 2.43. The van der Waals surface area contributed by atoms with Crippen LogP contribution in [0.1, 0.15) is 41.5 Å². The van der Waals surface area contributed by atoms with Crippen molar-refractivity contribution in [3.05, 3.63) is 41.2 Å². The molecular formula is C15H19N5. The topological polar surface area (TPSA) is 46.8 Å². The number of hydrogen-bond acceptors (Lipinski definition) is 4. The van der Waals surface area contributed by atoms with E-state index >= 15 is 0 Å². The monoisotopic (exact) mass is 269 g/mol. The van der Waals surface area contributed by atoms with Gasteiger partial charge in [0.1, 0.15) is 5.82 Å². The summed E-state index contributed by atoms with van der Waals surface area (Å²) in [6.07, 6.45) is 9.68. The molecule has 2 aromatic rings. The predicted molar refractivity (Wildman–Crippen MR) is 75.0 cm³/mol. The molecule has 0 N–H and O–H groups in total. The highest BCUT2D eigenvalue weighted by Gasteiger charge is 2.40. The van der Waals surface area contributed by atoms with Crippen molar-refractivity contribution in [2.45, 2.75) is 44.8 Å². The zero-order valence-corrected chi connectivity index (χ0v) is 12.0. The summed E-state index contributed by atoms with van der Waals surface area (Å²) in [6.45, 7) is 2.96. The molecule has 2 aromatic heterocycles. The van der Waals surface area contributed by atoms with Crippen LogP contribution < -0.4 is 0 Å². The van der Waals surface area contributed by atoms with E-state index in [0.717, 1.165) is 18.8 Å². The fraction of sp³-hybridized carbons (Fsp3) is 0.533. The fourth-order valence-electron chi connectivity index (χ4n) is 3.68. The second-order valence-electron chi connectivity index (χ2n) is 5.96. The Morgan fingerprint density at radius 1 is 1.30 bits per heavy atom. The average molecular weight is 269 g/mol. The second-order valence-corrected chi connectivity index (χ2v) is 5.96. The van der Waals surface area contributed by atoms with Gasteiger partial charge in [-0.05, 0) is 19.8 Å². The van der Waals surface area contributed by atoms with Crippen LogP contribution in [0.2, 0.25) is 0 Å². The normalized spacial score (nSPS) is 24.9. The van der Waals surface area contributed by atoms with E-state index < -0.39 is 0 Å². The van der Waals surface area contributed by atoms with Crippen LogP contribution in [0.3, 0.4) is 0 Å². The van der Waals surface area contributed by atoms with Crippen molar-refractivity contribution in [2.24, 2.45) is 7.05 Å². The molecule has 1 saturated heterocycles.